The number of benzene rings is 2. The summed E-state index contributed by atoms with van der Waals surface area (Å²) in [5.74, 6) is -0.222. The second-order valence-corrected chi connectivity index (χ2v) is 7.86. The molecule has 0 spiro atoms. The molecule has 6 heteroatoms. The number of hydrogen-bond donors (Lipinski definition) is 0. The lowest BCUT2D eigenvalue weighted by Crippen LogP contribution is -2.49. The number of amides is 1. The zero-order valence-electron chi connectivity index (χ0n) is 14.8. The van der Waals surface area contributed by atoms with Gasteiger partial charge in [0.05, 0.1) is 11.9 Å². The monoisotopic (exact) mass is 360 g/mol. The second kappa shape index (κ2) is 8.16. The standard InChI is InChI=1S/C19H24N2O3S/c1-4-18(19(22)20(2)15-16-11-7-5-8-12-16)21(25(3,23)24)17-13-9-6-10-14-17/h5-14,18H,4,15H2,1-3H3/t18-/m0/s1. The molecule has 25 heavy (non-hydrogen) atoms. The number of nitrogens with zero attached hydrogens (tertiary/aromatic N) is 2. The molecule has 0 fully saturated rings. The highest BCUT2D eigenvalue weighted by atomic mass is 32.2. The third kappa shape index (κ3) is 4.82. The Morgan fingerprint density at radius 3 is 2.00 bits per heavy atom. The van der Waals surface area contributed by atoms with Gasteiger partial charge >= 0.3 is 0 Å². The van der Waals surface area contributed by atoms with Crippen LogP contribution in [0.25, 0.3) is 0 Å². The molecule has 0 unspecified atom stereocenters. The first kappa shape index (κ1) is 19.0. The van der Waals surface area contributed by atoms with E-state index in [2.05, 4.69) is 0 Å². The Balaban J connectivity index is 2.29. The zero-order chi connectivity index (χ0) is 18.4. The number of anilines is 1. The minimum absolute atomic E-state index is 0.222. The molecule has 0 N–H and O–H groups in total. The van der Waals surface area contributed by atoms with Crippen LogP contribution in [0.15, 0.2) is 60.7 Å². The van der Waals surface area contributed by atoms with Crippen molar-refractivity contribution < 1.29 is 13.2 Å². The normalized spacial score (nSPS) is 12.4. The van der Waals surface area contributed by atoms with E-state index in [0.717, 1.165) is 11.8 Å². The van der Waals surface area contributed by atoms with Gasteiger partial charge in [0.25, 0.3) is 0 Å². The SMILES string of the molecule is CC[C@@H](C(=O)N(C)Cc1ccccc1)N(c1ccccc1)S(C)(=O)=O. The predicted octanol–water partition coefficient (Wildman–Crippen LogP) is 2.89. The number of para-hydroxylation sites is 1. The van der Waals surface area contributed by atoms with Crippen molar-refractivity contribution in [3.05, 3.63) is 66.2 Å². The Hall–Kier alpha value is -2.34. The maximum atomic E-state index is 13.0. The maximum absolute atomic E-state index is 13.0. The summed E-state index contributed by atoms with van der Waals surface area (Å²) in [6.07, 6.45) is 1.52. The fourth-order valence-electron chi connectivity index (χ4n) is 2.81. The quantitative estimate of drug-likeness (QED) is 0.763. The highest BCUT2D eigenvalue weighted by Crippen LogP contribution is 2.23. The van der Waals surface area contributed by atoms with E-state index >= 15 is 0 Å². The molecule has 0 aliphatic heterocycles. The van der Waals surface area contributed by atoms with E-state index < -0.39 is 16.1 Å². The molecule has 0 saturated heterocycles. The zero-order valence-corrected chi connectivity index (χ0v) is 15.6. The molecular weight excluding hydrogens is 336 g/mol. The lowest BCUT2D eigenvalue weighted by Gasteiger charge is -2.32. The van der Waals surface area contributed by atoms with Crippen molar-refractivity contribution in [2.24, 2.45) is 0 Å². The van der Waals surface area contributed by atoms with Crippen molar-refractivity contribution in [1.29, 1.82) is 0 Å². The number of rotatable bonds is 7. The molecule has 134 valence electrons. The van der Waals surface area contributed by atoms with Crippen LogP contribution in [0.2, 0.25) is 0 Å². The topological polar surface area (TPSA) is 57.7 Å². The minimum Gasteiger partial charge on any atom is -0.340 e. The largest absolute Gasteiger partial charge is 0.340 e. The molecule has 1 amide bonds. The van der Waals surface area contributed by atoms with Crippen molar-refractivity contribution in [3.8, 4) is 0 Å². The molecule has 0 saturated carbocycles. The van der Waals surface area contributed by atoms with Crippen LogP contribution in [0.5, 0.6) is 0 Å². The molecule has 2 aromatic carbocycles. The number of sulfonamides is 1. The first-order valence-corrected chi connectivity index (χ1v) is 10.0. The van der Waals surface area contributed by atoms with Crippen molar-refractivity contribution in [2.75, 3.05) is 17.6 Å². The molecule has 0 bridgehead atoms. The summed E-state index contributed by atoms with van der Waals surface area (Å²) < 4.78 is 26.0. The van der Waals surface area contributed by atoms with Gasteiger partial charge in [-0.15, -0.1) is 0 Å². The van der Waals surface area contributed by atoms with Crippen LogP contribution < -0.4 is 4.31 Å². The Kier molecular flexibility index (Phi) is 6.20. The lowest BCUT2D eigenvalue weighted by atomic mass is 10.1. The van der Waals surface area contributed by atoms with E-state index in [1.807, 2.05) is 43.3 Å². The van der Waals surface area contributed by atoms with Crippen LogP contribution in [0.3, 0.4) is 0 Å². The van der Waals surface area contributed by atoms with Gasteiger partial charge in [-0.3, -0.25) is 9.10 Å². The van der Waals surface area contributed by atoms with Crippen LogP contribution in [-0.2, 0) is 21.4 Å². The molecule has 0 radical (unpaired) electrons. The average Bonchev–Trinajstić information content (AvgIpc) is 2.59. The Bertz CT molecular complexity index is 792. The fraction of sp³-hybridized carbons (Fsp3) is 0.316. The van der Waals surface area contributed by atoms with Crippen molar-refractivity contribution >= 4 is 21.6 Å². The van der Waals surface area contributed by atoms with Crippen LogP contribution in [0.1, 0.15) is 18.9 Å². The Labute approximate surface area is 149 Å². The summed E-state index contributed by atoms with van der Waals surface area (Å²) in [7, 11) is -1.90. The summed E-state index contributed by atoms with van der Waals surface area (Å²) in [6.45, 7) is 2.25. The average molecular weight is 360 g/mol. The van der Waals surface area contributed by atoms with E-state index in [-0.39, 0.29) is 5.91 Å². The molecule has 0 aliphatic carbocycles. The van der Waals surface area contributed by atoms with E-state index in [1.165, 1.54) is 4.31 Å². The predicted molar refractivity (Wildman–Crippen MR) is 101 cm³/mol. The molecule has 2 aromatic rings. The summed E-state index contributed by atoms with van der Waals surface area (Å²) in [5, 5.41) is 0. The molecule has 1 atom stereocenters. The van der Waals surface area contributed by atoms with E-state index in [0.29, 0.717) is 18.7 Å². The van der Waals surface area contributed by atoms with Crippen LogP contribution in [0.4, 0.5) is 5.69 Å². The molecule has 0 heterocycles. The lowest BCUT2D eigenvalue weighted by molar-refractivity contribution is -0.131. The number of hydrogen-bond acceptors (Lipinski definition) is 3. The highest BCUT2D eigenvalue weighted by Gasteiger charge is 2.33. The third-order valence-electron chi connectivity index (χ3n) is 3.96. The third-order valence-corrected chi connectivity index (χ3v) is 5.14. The maximum Gasteiger partial charge on any atom is 0.246 e. The van der Waals surface area contributed by atoms with Crippen molar-refractivity contribution in [2.45, 2.75) is 25.9 Å². The summed E-state index contributed by atoms with van der Waals surface area (Å²) in [6, 6.07) is 17.6. The number of likely N-dealkylation sites (N-methyl/N-ethyl adjacent to an activating group) is 1. The minimum atomic E-state index is -3.59. The van der Waals surface area contributed by atoms with E-state index in [9.17, 15) is 13.2 Å². The van der Waals surface area contributed by atoms with Crippen molar-refractivity contribution in [3.63, 3.8) is 0 Å². The molecule has 0 aromatic heterocycles. The van der Waals surface area contributed by atoms with Crippen molar-refractivity contribution in [1.82, 2.24) is 4.90 Å². The molecule has 5 nitrogen and oxygen atoms in total. The summed E-state index contributed by atoms with van der Waals surface area (Å²) >= 11 is 0. The first-order chi connectivity index (χ1) is 11.8. The van der Waals surface area contributed by atoms with Gasteiger partial charge < -0.3 is 4.90 Å². The summed E-state index contributed by atoms with van der Waals surface area (Å²) in [5.41, 5.74) is 1.50. The second-order valence-electron chi connectivity index (χ2n) is 6.00. The van der Waals surface area contributed by atoms with Gasteiger partial charge in [0, 0.05) is 13.6 Å². The van der Waals surface area contributed by atoms with Gasteiger partial charge in [-0.25, -0.2) is 8.42 Å². The van der Waals surface area contributed by atoms with Gasteiger partial charge in [-0.1, -0.05) is 55.5 Å². The Morgan fingerprint density at radius 2 is 1.52 bits per heavy atom. The van der Waals surface area contributed by atoms with Crippen LogP contribution in [-0.4, -0.2) is 38.6 Å². The van der Waals surface area contributed by atoms with Gasteiger partial charge in [0.2, 0.25) is 15.9 Å². The number of carbonyl (C=O) groups excluding carboxylic acids is 1. The van der Waals surface area contributed by atoms with Crippen LogP contribution in [0, 0.1) is 0 Å². The van der Waals surface area contributed by atoms with Gasteiger partial charge in [-0.05, 0) is 24.1 Å². The number of carbonyl (C=O) groups is 1. The molecular formula is C19H24N2O3S. The fourth-order valence-corrected chi connectivity index (χ4v) is 4.01. The summed E-state index contributed by atoms with van der Waals surface area (Å²) in [4.78, 5) is 14.5. The van der Waals surface area contributed by atoms with Gasteiger partial charge in [0.1, 0.15) is 6.04 Å². The van der Waals surface area contributed by atoms with Gasteiger partial charge in [-0.2, -0.15) is 0 Å². The molecule has 2 rings (SSSR count). The first-order valence-electron chi connectivity index (χ1n) is 8.18. The van der Waals surface area contributed by atoms with E-state index in [4.69, 9.17) is 0 Å². The molecule has 0 aliphatic rings. The van der Waals surface area contributed by atoms with Crippen LogP contribution >= 0.6 is 0 Å². The Morgan fingerprint density at radius 1 is 1.00 bits per heavy atom. The smallest absolute Gasteiger partial charge is 0.246 e. The van der Waals surface area contributed by atoms with E-state index in [1.54, 1.807) is 36.2 Å². The highest BCUT2D eigenvalue weighted by molar-refractivity contribution is 7.92. The van der Waals surface area contributed by atoms with Gasteiger partial charge in [0.15, 0.2) is 0 Å².